The Labute approximate surface area is 268 Å². The van der Waals surface area contributed by atoms with E-state index >= 15 is 0 Å². The van der Waals surface area contributed by atoms with Crippen molar-refractivity contribution in [3.05, 3.63) is 53.6 Å². The van der Waals surface area contributed by atoms with Gasteiger partial charge in [-0.2, -0.15) is 0 Å². The van der Waals surface area contributed by atoms with E-state index in [2.05, 4.69) is 0 Å². The Morgan fingerprint density at radius 3 is 2.13 bits per heavy atom. The average Bonchev–Trinajstić information content (AvgIpc) is 3.03. The second-order valence-corrected chi connectivity index (χ2v) is 11.0. The van der Waals surface area contributed by atoms with Gasteiger partial charge in [-0.1, -0.05) is 12.1 Å². The number of phenolic OH excluding ortho intramolecular Hbond substituents is 4. The maximum atomic E-state index is 13.0. The summed E-state index contributed by atoms with van der Waals surface area (Å²) in [5.41, 5.74) is 0.879. The fourth-order valence-corrected chi connectivity index (χ4v) is 5.05. The van der Waals surface area contributed by atoms with Crippen molar-refractivity contribution >= 4 is 18.0 Å². The van der Waals surface area contributed by atoms with Gasteiger partial charge >= 0.3 is 11.9 Å². The largest absolute Gasteiger partial charge is 0.504 e. The zero-order chi connectivity index (χ0) is 34.4. The van der Waals surface area contributed by atoms with Gasteiger partial charge < -0.3 is 69.3 Å². The zero-order valence-electron chi connectivity index (χ0n) is 25.4. The van der Waals surface area contributed by atoms with Crippen LogP contribution in [0.5, 0.6) is 23.0 Å². The first-order valence-corrected chi connectivity index (χ1v) is 14.6. The molecule has 10 atom stereocenters. The summed E-state index contributed by atoms with van der Waals surface area (Å²) in [6.07, 6.45) is -12.7. The lowest BCUT2D eigenvalue weighted by Gasteiger charge is -2.47. The standard InChI is InChI=1S/C31H38O16/c1-14-24(39)25(40)26(41)30(43-14)47-28-27(46-23(38)8-5-16-3-6-18(34)20(36)11-16)22(13-32)45-31(29(28)44-15(2)33)42-10-9-17-4-7-19(35)21(37)12-17/h3-8,11-12,14,22,24-32,34-37,39-41H,9-10,13H2,1-2H3/b8-5+/t14-,22+,24-,25+,26+,27+,28?,29+,30-,31+/m0/s1. The topological polar surface area (TPSA) is 251 Å². The highest BCUT2D eigenvalue weighted by atomic mass is 16.8. The van der Waals surface area contributed by atoms with Crippen LogP contribution in [0.3, 0.4) is 0 Å². The third kappa shape index (κ3) is 8.88. The van der Waals surface area contributed by atoms with Crippen molar-refractivity contribution in [1.29, 1.82) is 0 Å². The first kappa shape index (κ1) is 35.8. The zero-order valence-corrected chi connectivity index (χ0v) is 25.4. The van der Waals surface area contributed by atoms with Crippen LogP contribution >= 0.6 is 0 Å². The fraction of sp³-hybridized carbons (Fsp3) is 0.484. The van der Waals surface area contributed by atoms with E-state index in [4.69, 9.17) is 28.4 Å². The Morgan fingerprint density at radius 2 is 1.49 bits per heavy atom. The van der Waals surface area contributed by atoms with Crippen molar-refractivity contribution in [3.63, 3.8) is 0 Å². The summed E-state index contributed by atoms with van der Waals surface area (Å²) in [5, 5.41) is 80.1. The molecule has 2 heterocycles. The van der Waals surface area contributed by atoms with Crippen molar-refractivity contribution in [3.8, 4) is 23.0 Å². The summed E-state index contributed by atoms with van der Waals surface area (Å²) < 4.78 is 34.4. The second-order valence-electron chi connectivity index (χ2n) is 11.0. The SMILES string of the molecule is CC(=O)O[C@@H]1C(O[C@@H]2O[C@@H](C)[C@H](O)[C@@H](O)[C@H]2O)[C@H](OC(=O)/C=C/c2ccc(O)c(O)c2)[C@@H](CO)O[C@H]1OCCc1ccc(O)c(O)c1. The number of hydrogen-bond donors (Lipinski definition) is 8. The van der Waals surface area contributed by atoms with Gasteiger partial charge in [0.1, 0.15) is 30.5 Å². The Bertz CT molecular complexity index is 1410. The molecule has 2 aromatic rings. The third-order valence-corrected chi connectivity index (χ3v) is 7.55. The molecular formula is C31H38O16. The van der Waals surface area contributed by atoms with Gasteiger partial charge in [-0.25, -0.2) is 4.79 Å². The number of aromatic hydroxyl groups is 4. The minimum atomic E-state index is -1.81. The first-order chi connectivity index (χ1) is 22.3. The number of carbonyl (C=O) groups is 2. The summed E-state index contributed by atoms with van der Waals surface area (Å²) in [5.74, 6) is -3.31. The molecular weight excluding hydrogens is 628 g/mol. The number of benzene rings is 2. The van der Waals surface area contributed by atoms with E-state index in [-0.39, 0.29) is 30.3 Å². The summed E-state index contributed by atoms with van der Waals surface area (Å²) in [7, 11) is 0. The molecule has 2 aliphatic heterocycles. The molecule has 0 spiro atoms. The van der Waals surface area contributed by atoms with E-state index < -0.39 is 85.7 Å². The van der Waals surface area contributed by atoms with Gasteiger partial charge in [0, 0.05) is 13.0 Å². The van der Waals surface area contributed by atoms with Gasteiger partial charge in [-0.15, -0.1) is 0 Å². The molecule has 2 aliphatic rings. The Morgan fingerprint density at radius 1 is 0.809 bits per heavy atom. The van der Waals surface area contributed by atoms with Gasteiger partial charge in [0.15, 0.2) is 47.8 Å². The molecule has 0 radical (unpaired) electrons. The van der Waals surface area contributed by atoms with E-state index in [1.165, 1.54) is 49.4 Å². The van der Waals surface area contributed by atoms with E-state index in [0.29, 0.717) is 11.1 Å². The summed E-state index contributed by atoms with van der Waals surface area (Å²) in [4.78, 5) is 25.3. The van der Waals surface area contributed by atoms with Gasteiger partial charge in [-0.05, 0) is 54.8 Å². The molecule has 0 aliphatic carbocycles. The summed E-state index contributed by atoms with van der Waals surface area (Å²) in [6, 6.07) is 7.94. The highest BCUT2D eigenvalue weighted by Gasteiger charge is 2.54. The summed E-state index contributed by atoms with van der Waals surface area (Å²) in [6.45, 7) is 1.62. The number of rotatable bonds is 11. The number of aliphatic hydroxyl groups is 4. The molecule has 2 fully saturated rings. The Balaban J connectivity index is 1.61. The van der Waals surface area contributed by atoms with Crippen LogP contribution in [0.2, 0.25) is 0 Å². The van der Waals surface area contributed by atoms with Crippen LogP contribution in [-0.2, 0) is 44.4 Å². The lowest BCUT2D eigenvalue weighted by Crippen LogP contribution is -2.65. The van der Waals surface area contributed by atoms with Crippen molar-refractivity contribution in [2.24, 2.45) is 0 Å². The molecule has 258 valence electrons. The number of aliphatic hydroxyl groups excluding tert-OH is 4. The number of ether oxygens (including phenoxy) is 6. The van der Waals surface area contributed by atoms with Crippen LogP contribution in [0, 0.1) is 0 Å². The van der Waals surface area contributed by atoms with E-state index in [9.17, 15) is 50.4 Å². The van der Waals surface area contributed by atoms with E-state index in [1.807, 2.05) is 0 Å². The van der Waals surface area contributed by atoms with Gasteiger partial charge in [0.2, 0.25) is 0 Å². The van der Waals surface area contributed by atoms with Crippen LogP contribution in [-0.4, -0.2) is 127 Å². The van der Waals surface area contributed by atoms with Crippen LogP contribution < -0.4 is 0 Å². The molecule has 47 heavy (non-hydrogen) atoms. The van der Waals surface area contributed by atoms with Crippen molar-refractivity contribution in [2.45, 2.75) is 81.7 Å². The minimum absolute atomic E-state index is 0.103. The minimum Gasteiger partial charge on any atom is -0.504 e. The van der Waals surface area contributed by atoms with Gasteiger partial charge in [0.05, 0.1) is 19.3 Å². The number of hydrogen-bond acceptors (Lipinski definition) is 16. The monoisotopic (exact) mass is 666 g/mol. The normalized spacial score (nSPS) is 31.0. The molecule has 0 amide bonds. The number of esters is 2. The maximum absolute atomic E-state index is 13.0. The fourth-order valence-electron chi connectivity index (χ4n) is 5.05. The Hall–Kier alpha value is -4.00. The molecule has 0 bridgehead atoms. The maximum Gasteiger partial charge on any atom is 0.331 e. The quantitative estimate of drug-likeness (QED) is 0.0859. The molecule has 0 aromatic heterocycles. The number of phenols is 4. The van der Waals surface area contributed by atoms with E-state index in [1.54, 1.807) is 0 Å². The first-order valence-electron chi connectivity index (χ1n) is 14.6. The van der Waals surface area contributed by atoms with Crippen molar-refractivity contribution in [2.75, 3.05) is 13.2 Å². The van der Waals surface area contributed by atoms with Crippen LogP contribution in [0.25, 0.3) is 6.08 Å². The smallest absolute Gasteiger partial charge is 0.331 e. The molecule has 1 unspecified atom stereocenters. The molecule has 16 heteroatoms. The van der Waals surface area contributed by atoms with E-state index in [0.717, 1.165) is 13.0 Å². The summed E-state index contributed by atoms with van der Waals surface area (Å²) >= 11 is 0. The van der Waals surface area contributed by atoms with Gasteiger partial charge in [-0.3, -0.25) is 4.79 Å². The van der Waals surface area contributed by atoms with Crippen LogP contribution in [0.1, 0.15) is 25.0 Å². The third-order valence-electron chi connectivity index (χ3n) is 7.55. The molecule has 4 rings (SSSR count). The van der Waals surface area contributed by atoms with Gasteiger partial charge in [0.25, 0.3) is 0 Å². The predicted molar refractivity (Wildman–Crippen MR) is 157 cm³/mol. The Kier molecular flexibility index (Phi) is 12.0. The average molecular weight is 667 g/mol. The molecule has 8 N–H and O–H groups in total. The predicted octanol–water partition coefficient (Wildman–Crippen LogP) is -0.445. The highest BCUT2D eigenvalue weighted by molar-refractivity contribution is 5.87. The van der Waals surface area contributed by atoms with Crippen LogP contribution in [0.4, 0.5) is 0 Å². The van der Waals surface area contributed by atoms with Crippen molar-refractivity contribution < 1.29 is 78.9 Å². The second kappa shape index (κ2) is 15.7. The lowest BCUT2D eigenvalue weighted by atomic mass is 9.96. The lowest BCUT2D eigenvalue weighted by molar-refractivity contribution is -0.358. The molecule has 0 saturated carbocycles. The van der Waals surface area contributed by atoms with Crippen LogP contribution in [0.15, 0.2) is 42.5 Å². The molecule has 16 nitrogen and oxygen atoms in total. The number of carbonyl (C=O) groups excluding carboxylic acids is 2. The van der Waals surface area contributed by atoms with Crippen molar-refractivity contribution in [1.82, 2.24) is 0 Å². The molecule has 2 saturated heterocycles. The molecule has 2 aromatic carbocycles. The highest BCUT2D eigenvalue weighted by Crippen LogP contribution is 2.33.